The maximum absolute atomic E-state index is 12.3. The number of rotatable bonds is 6. The van der Waals surface area contributed by atoms with Crippen LogP contribution in [0.2, 0.25) is 0 Å². The molecule has 0 aromatic heterocycles. The summed E-state index contributed by atoms with van der Waals surface area (Å²) < 4.78 is 34.3. The SMILES string of the molecule is CC(O)(P(=O)(O)Oc1ccccc1)P(=O)(O)Oc1ccccc1. The molecular weight excluding hydrogens is 342 g/mol. The van der Waals surface area contributed by atoms with Crippen molar-refractivity contribution >= 4 is 15.2 Å². The van der Waals surface area contributed by atoms with Crippen LogP contribution in [0.4, 0.5) is 0 Å². The predicted molar refractivity (Wildman–Crippen MR) is 84.4 cm³/mol. The summed E-state index contributed by atoms with van der Waals surface area (Å²) in [6.07, 6.45) is 0. The van der Waals surface area contributed by atoms with Crippen molar-refractivity contribution < 1.29 is 33.1 Å². The highest BCUT2D eigenvalue weighted by atomic mass is 31.2. The topological polar surface area (TPSA) is 113 Å². The first-order valence-corrected chi connectivity index (χ1v) is 9.69. The van der Waals surface area contributed by atoms with Crippen LogP contribution in [0.5, 0.6) is 11.5 Å². The van der Waals surface area contributed by atoms with Crippen LogP contribution in [-0.2, 0) is 9.13 Å². The number of aliphatic hydroxyl groups is 1. The second-order valence-electron chi connectivity index (χ2n) is 4.82. The molecule has 23 heavy (non-hydrogen) atoms. The molecule has 0 aliphatic carbocycles. The molecule has 0 aliphatic rings. The van der Waals surface area contributed by atoms with Crippen LogP contribution in [0, 0.1) is 0 Å². The molecule has 2 atom stereocenters. The Kier molecular flexibility index (Phi) is 4.99. The monoisotopic (exact) mass is 358 g/mol. The van der Waals surface area contributed by atoms with Crippen molar-refractivity contribution in [3.8, 4) is 11.5 Å². The number of hydrogen-bond acceptors (Lipinski definition) is 5. The van der Waals surface area contributed by atoms with Gasteiger partial charge in [0.1, 0.15) is 11.5 Å². The van der Waals surface area contributed by atoms with Gasteiger partial charge in [-0.2, -0.15) is 0 Å². The fourth-order valence-corrected chi connectivity index (χ4v) is 4.26. The van der Waals surface area contributed by atoms with E-state index >= 15 is 0 Å². The zero-order valence-electron chi connectivity index (χ0n) is 12.1. The van der Waals surface area contributed by atoms with Gasteiger partial charge in [0.15, 0.2) is 0 Å². The van der Waals surface area contributed by atoms with Crippen LogP contribution in [0.25, 0.3) is 0 Å². The summed E-state index contributed by atoms with van der Waals surface area (Å²) in [7, 11) is -9.92. The predicted octanol–water partition coefficient (Wildman–Crippen LogP) is 3.18. The van der Waals surface area contributed by atoms with Crippen molar-refractivity contribution in [2.45, 2.75) is 12.0 Å². The van der Waals surface area contributed by atoms with E-state index in [-0.39, 0.29) is 11.5 Å². The van der Waals surface area contributed by atoms with Gasteiger partial charge < -0.3 is 23.9 Å². The smallest absolute Gasteiger partial charge is 0.421 e. The minimum absolute atomic E-state index is 0.0293. The van der Waals surface area contributed by atoms with Crippen LogP contribution >= 0.6 is 15.2 Å². The van der Waals surface area contributed by atoms with Crippen LogP contribution in [0.3, 0.4) is 0 Å². The minimum Gasteiger partial charge on any atom is -0.422 e. The van der Waals surface area contributed by atoms with Crippen LogP contribution in [0.15, 0.2) is 60.7 Å². The van der Waals surface area contributed by atoms with Crippen molar-refractivity contribution in [2.24, 2.45) is 0 Å². The van der Waals surface area contributed by atoms with E-state index in [2.05, 4.69) is 0 Å². The van der Waals surface area contributed by atoms with Gasteiger partial charge in [0.05, 0.1) is 0 Å². The Balaban J connectivity index is 2.27. The Morgan fingerprint density at radius 3 is 1.39 bits per heavy atom. The quantitative estimate of drug-likeness (QED) is 0.680. The molecule has 7 nitrogen and oxygen atoms in total. The molecule has 9 heteroatoms. The van der Waals surface area contributed by atoms with E-state index in [9.17, 15) is 24.0 Å². The lowest BCUT2D eigenvalue weighted by Crippen LogP contribution is -2.29. The zero-order valence-corrected chi connectivity index (χ0v) is 13.9. The fourth-order valence-electron chi connectivity index (χ4n) is 1.58. The Morgan fingerprint density at radius 2 is 1.09 bits per heavy atom. The lowest BCUT2D eigenvalue weighted by Gasteiger charge is -2.30. The minimum atomic E-state index is -4.96. The first kappa shape index (κ1) is 17.7. The summed E-state index contributed by atoms with van der Waals surface area (Å²) in [6, 6.07) is 15.0. The van der Waals surface area contributed by atoms with Crippen LogP contribution < -0.4 is 9.05 Å². The third-order valence-electron chi connectivity index (χ3n) is 3.02. The maximum atomic E-state index is 12.3. The van der Waals surface area contributed by atoms with Gasteiger partial charge in [-0.3, -0.25) is 0 Å². The highest BCUT2D eigenvalue weighted by molar-refractivity contribution is 7.73. The van der Waals surface area contributed by atoms with Gasteiger partial charge in [0.2, 0.25) is 0 Å². The third-order valence-corrected chi connectivity index (χ3v) is 7.59. The maximum Gasteiger partial charge on any atom is 0.421 e. The molecule has 0 heterocycles. The third kappa shape index (κ3) is 3.83. The summed E-state index contributed by atoms with van der Waals surface area (Å²) >= 11 is 0. The van der Waals surface area contributed by atoms with Crippen molar-refractivity contribution in [3.05, 3.63) is 60.7 Å². The molecule has 124 valence electrons. The molecule has 2 aromatic carbocycles. The van der Waals surface area contributed by atoms with Crippen LogP contribution in [-0.4, -0.2) is 20.0 Å². The standard InChI is InChI=1S/C14H16O7P2/c1-14(15,22(16,17)20-12-8-4-2-5-9-12)23(18,19)21-13-10-6-3-7-11-13/h2-11,15H,1H3,(H,16,17)(H,18,19). The normalized spacial score (nSPS) is 19.0. The Hall–Kier alpha value is -1.62. The average Bonchev–Trinajstić information content (AvgIpc) is 2.48. The van der Waals surface area contributed by atoms with Gasteiger partial charge in [0.25, 0.3) is 5.08 Å². The van der Waals surface area contributed by atoms with E-state index in [1.807, 2.05) is 0 Å². The van der Waals surface area contributed by atoms with Crippen molar-refractivity contribution in [3.63, 3.8) is 0 Å². The zero-order chi connectivity index (χ0) is 17.1. The van der Waals surface area contributed by atoms with E-state index in [4.69, 9.17) is 9.05 Å². The van der Waals surface area contributed by atoms with Gasteiger partial charge in [-0.25, -0.2) is 9.13 Å². The molecule has 0 radical (unpaired) electrons. The molecule has 2 unspecified atom stereocenters. The lowest BCUT2D eigenvalue weighted by atomic mass is 10.3. The van der Waals surface area contributed by atoms with Gasteiger partial charge in [0, 0.05) is 0 Å². The molecule has 0 bridgehead atoms. The summed E-state index contributed by atoms with van der Waals surface area (Å²) in [5, 5.41) is 7.19. The Morgan fingerprint density at radius 1 is 0.783 bits per heavy atom. The molecule has 0 saturated heterocycles. The molecule has 2 rings (SSSR count). The molecule has 0 spiro atoms. The van der Waals surface area contributed by atoms with Gasteiger partial charge >= 0.3 is 15.2 Å². The van der Waals surface area contributed by atoms with E-state index in [0.717, 1.165) is 6.92 Å². The fraction of sp³-hybridized carbons (Fsp3) is 0.143. The molecule has 0 saturated carbocycles. The van der Waals surface area contributed by atoms with Crippen molar-refractivity contribution in [2.75, 3.05) is 0 Å². The number of benzene rings is 2. The molecule has 0 aliphatic heterocycles. The van der Waals surface area contributed by atoms with Gasteiger partial charge in [-0.1, -0.05) is 36.4 Å². The number of para-hydroxylation sites is 2. The highest BCUT2D eigenvalue weighted by Crippen LogP contribution is 2.71. The Labute approximate surface area is 133 Å². The Bertz CT molecular complexity index is 683. The van der Waals surface area contributed by atoms with Crippen LogP contribution in [0.1, 0.15) is 6.92 Å². The second kappa shape index (κ2) is 6.48. The number of hydrogen-bond donors (Lipinski definition) is 3. The molecule has 0 amide bonds. The molecular formula is C14H16O7P2. The van der Waals surface area contributed by atoms with E-state index in [0.29, 0.717) is 0 Å². The van der Waals surface area contributed by atoms with E-state index in [1.54, 1.807) is 36.4 Å². The summed E-state index contributed by atoms with van der Waals surface area (Å²) in [6.45, 7) is 0.723. The molecule has 0 fully saturated rings. The van der Waals surface area contributed by atoms with E-state index in [1.165, 1.54) is 24.3 Å². The van der Waals surface area contributed by atoms with Gasteiger partial charge in [-0.05, 0) is 31.2 Å². The summed E-state index contributed by atoms with van der Waals surface area (Å²) in [4.78, 5) is 20.0. The largest absolute Gasteiger partial charge is 0.422 e. The second-order valence-corrected chi connectivity index (χ2v) is 9.36. The lowest BCUT2D eigenvalue weighted by molar-refractivity contribution is 0.151. The molecule has 3 N–H and O–H groups in total. The summed E-state index contributed by atoms with van der Waals surface area (Å²) in [5.74, 6) is -0.0587. The summed E-state index contributed by atoms with van der Waals surface area (Å²) in [5.41, 5.74) is 0. The highest BCUT2D eigenvalue weighted by Gasteiger charge is 2.61. The van der Waals surface area contributed by atoms with Gasteiger partial charge in [-0.15, -0.1) is 0 Å². The van der Waals surface area contributed by atoms with E-state index < -0.39 is 20.3 Å². The van der Waals surface area contributed by atoms with Crippen molar-refractivity contribution in [1.82, 2.24) is 0 Å². The van der Waals surface area contributed by atoms with Crippen molar-refractivity contribution in [1.29, 1.82) is 0 Å². The molecule has 2 aromatic rings. The average molecular weight is 358 g/mol. The first-order chi connectivity index (χ1) is 10.7. The first-order valence-electron chi connectivity index (χ1n) is 6.53.